The number of aryl methyl sites for hydroxylation is 2. The van der Waals surface area contributed by atoms with Crippen LogP contribution < -0.4 is 20.3 Å². The number of hydrogen-bond donors (Lipinski definition) is 2. The molecular formula is C27H27FN6O2. The second-order valence-electron chi connectivity index (χ2n) is 8.84. The maximum atomic E-state index is 14.5. The van der Waals surface area contributed by atoms with E-state index in [1.54, 1.807) is 16.9 Å². The van der Waals surface area contributed by atoms with E-state index < -0.39 is 11.8 Å². The molecule has 2 amide bonds. The molecule has 3 heterocycles. The minimum atomic E-state index is -0.573. The fraction of sp³-hybridized carbons (Fsp3) is 0.222. The van der Waals surface area contributed by atoms with Gasteiger partial charge in [0, 0.05) is 55.4 Å². The molecule has 5 rings (SSSR count). The third kappa shape index (κ3) is 5.46. The summed E-state index contributed by atoms with van der Waals surface area (Å²) >= 11 is 0. The fourth-order valence-corrected chi connectivity index (χ4v) is 4.25. The molecule has 0 aliphatic carbocycles. The third-order valence-electron chi connectivity index (χ3n) is 5.92. The van der Waals surface area contributed by atoms with E-state index in [9.17, 15) is 9.18 Å². The topological polar surface area (TPSA) is 84.3 Å². The Morgan fingerprint density at radius 2 is 1.89 bits per heavy atom. The number of nitrogens with one attached hydrogen (secondary N) is 2. The van der Waals surface area contributed by atoms with Crippen molar-refractivity contribution in [3.8, 4) is 22.9 Å². The predicted octanol–water partition coefficient (Wildman–Crippen LogP) is 5.97. The molecule has 0 atom stereocenters. The van der Waals surface area contributed by atoms with E-state index >= 15 is 0 Å². The van der Waals surface area contributed by atoms with Gasteiger partial charge >= 0.3 is 6.03 Å². The van der Waals surface area contributed by atoms with Crippen LogP contribution in [0.1, 0.15) is 18.4 Å². The summed E-state index contributed by atoms with van der Waals surface area (Å²) in [6.45, 7) is 4.00. The highest BCUT2D eigenvalue weighted by Gasteiger charge is 2.15. The number of urea groups is 1. The number of pyridine rings is 1. The summed E-state index contributed by atoms with van der Waals surface area (Å²) in [6, 6.07) is 14.9. The van der Waals surface area contributed by atoms with Crippen molar-refractivity contribution in [3.05, 3.63) is 78.4 Å². The molecule has 0 unspecified atom stereocenters. The summed E-state index contributed by atoms with van der Waals surface area (Å²) in [6.07, 6.45) is 5.90. The average Bonchev–Trinajstić information content (AvgIpc) is 3.53. The van der Waals surface area contributed by atoms with Crippen molar-refractivity contribution in [1.82, 2.24) is 14.8 Å². The second kappa shape index (κ2) is 10.1. The largest absolute Gasteiger partial charge is 0.439 e. The molecule has 1 aliphatic rings. The van der Waals surface area contributed by atoms with Gasteiger partial charge in [0.25, 0.3) is 0 Å². The average molecular weight is 487 g/mol. The fourth-order valence-electron chi connectivity index (χ4n) is 4.25. The second-order valence-corrected chi connectivity index (χ2v) is 8.84. The Labute approximate surface area is 208 Å². The monoisotopic (exact) mass is 486 g/mol. The summed E-state index contributed by atoms with van der Waals surface area (Å²) in [4.78, 5) is 19.5. The molecule has 0 saturated carbocycles. The molecule has 4 aromatic rings. The van der Waals surface area contributed by atoms with Crippen molar-refractivity contribution in [3.63, 3.8) is 0 Å². The first-order valence-electron chi connectivity index (χ1n) is 11.8. The first-order valence-corrected chi connectivity index (χ1v) is 11.8. The lowest BCUT2D eigenvalue weighted by molar-refractivity contribution is 0.262. The maximum absolute atomic E-state index is 14.5. The summed E-state index contributed by atoms with van der Waals surface area (Å²) in [5.74, 6) is 0.110. The van der Waals surface area contributed by atoms with E-state index in [2.05, 4.69) is 31.7 Å². The number of amides is 2. The lowest BCUT2D eigenvalue weighted by Crippen LogP contribution is -2.21. The minimum Gasteiger partial charge on any atom is -0.439 e. The van der Waals surface area contributed by atoms with Crippen molar-refractivity contribution in [2.45, 2.75) is 19.8 Å². The highest BCUT2D eigenvalue weighted by Crippen LogP contribution is 2.28. The van der Waals surface area contributed by atoms with E-state index in [0.717, 1.165) is 42.7 Å². The highest BCUT2D eigenvalue weighted by molar-refractivity contribution is 6.00. The van der Waals surface area contributed by atoms with Gasteiger partial charge in [-0.05, 0) is 61.7 Å². The number of ether oxygens (including phenoxy) is 1. The van der Waals surface area contributed by atoms with Gasteiger partial charge in [0.2, 0.25) is 5.88 Å². The standard InChI is InChI=1S/C27H27FN6O2/c1-18-12-20(14-21(13-18)34-10-3-4-11-34)30-27(35)32-25-15-22(8-9-23(25)28)36-26-7-5-6-24(31-26)19-16-29-33(2)17-19/h5-9,12-17H,3-4,10-11H2,1-2H3,(H2,30,32,35). The van der Waals surface area contributed by atoms with Crippen molar-refractivity contribution < 1.29 is 13.9 Å². The summed E-state index contributed by atoms with van der Waals surface area (Å²) in [5, 5.41) is 9.56. The van der Waals surface area contributed by atoms with Crippen LogP contribution in [0.3, 0.4) is 0 Å². The van der Waals surface area contributed by atoms with E-state index in [0.29, 0.717) is 23.0 Å². The highest BCUT2D eigenvalue weighted by atomic mass is 19.1. The normalized spacial score (nSPS) is 13.0. The summed E-state index contributed by atoms with van der Waals surface area (Å²) in [5.41, 5.74) is 4.32. The Morgan fingerprint density at radius 3 is 2.67 bits per heavy atom. The minimum absolute atomic E-state index is 0.000772. The molecule has 2 N–H and O–H groups in total. The van der Waals surface area contributed by atoms with Gasteiger partial charge in [-0.25, -0.2) is 14.2 Å². The van der Waals surface area contributed by atoms with Crippen LogP contribution in [0.5, 0.6) is 11.6 Å². The molecular weight excluding hydrogens is 459 g/mol. The smallest absolute Gasteiger partial charge is 0.323 e. The van der Waals surface area contributed by atoms with Gasteiger partial charge in [0.05, 0.1) is 17.6 Å². The van der Waals surface area contributed by atoms with Crippen LogP contribution in [0, 0.1) is 12.7 Å². The molecule has 2 aromatic heterocycles. The lowest BCUT2D eigenvalue weighted by atomic mass is 10.2. The van der Waals surface area contributed by atoms with Crippen LogP contribution in [0.15, 0.2) is 67.0 Å². The first kappa shape index (κ1) is 23.3. The molecule has 8 nitrogen and oxygen atoms in total. The lowest BCUT2D eigenvalue weighted by Gasteiger charge is -2.19. The number of rotatable bonds is 6. The number of nitrogens with zero attached hydrogens (tertiary/aromatic N) is 4. The van der Waals surface area contributed by atoms with Crippen molar-refractivity contribution >= 4 is 23.1 Å². The molecule has 1 saturated heterocycles. The number of carbonyl (C=O) groups is 1. The van der Waals surface area contributed by atoms with Gasteiger partial charge in [-0.2, -0.15) is 5.10 Å². The van der Waals surface area contributed by atoms with Gasteiger partial charge in [0.15, 0.2) is 0 Å². The van der Waals surface area contributed by atoms with Gasteiger partial charge in [-0.3, -0.25) is 4.68 Å². The van der Waals surface area contributed by atoms with E-state index in [-0.39, 0.29) is 5.69 Å². The molecule has 1 fully saturated rings. The molecule has 2 aromatic carbocycles. The molecule has 0 bridgehead atoms. The number of hydrogen-bond acceptors (Lipinski definition) is 5. The Kier molecular flexibility index (Phi) is 6.53. The summed E-state index contributed by atoms with van der Waals surface area (Å²) < 4.78 is 22.0. The molecule has 184 valence electrons. The molecule has 36 heavy (non-hydrogen) atoms. The Hall–Kier alpha value is -4.40. The van der Waals surface area contributed by atoms with Crippen LogP contribution >= 0.6 is 0 Å². The van der Waals surface area contributed by atoms with Gasteiger partial charge in [-0.1, -0.05) is 6.07 Å². The number of benzene rings is 2. The molecule has 0 spiro atoms. The predicted molar refractivity (Wildman–Crippen MR) is 138 cm³/mol. The zero-order chi connectivity index (χ0) is 25.1. The SMILES string of the molecule is Cc1cc(NC(=O)Nc2cc(Oc3cccc(-c4cnn(C)c4)n3)ccc2F)cc(N2CCCC2)c1. The zero-order valence-electron chi connectivity index (χ0n) is 20.2. The number of halogens is 1. The molecule has 9 heteroatoms. The number of aromatic nitrogens is 3. The van der Waals surface area contributed by atoms with Crippen molar-refractivity contribution in [2.75, 3.05) is 28.6 Å². The quantitative estimate of drug-likeness (QED) is 0.351. The summed E-state index contributed by atoms with van der Waals surface area (Å²) in [7, 11) is 1.83. The van der Waals surface area contributed by atoms with Gasteiger partial charge in [0.1, 0.15) is 11.6 Å². The van der Waals surface area contributed by atoms with Crippen LogP contribution in [-0.2, 0) is 7.05 Å². The Balaban J connectivity index is 1.28. The van der Waals surface area contributed by atoms with Crippen LogP contribution in [0.2, 0.25) is 0 Å². The van der Waals surface area contributed by atoms with E-state index in [1.165, 1.54) is 18.2 Å². The zero-order valence-corrected chi connectivity index (χ0v) is 20.2. The van der Waals surface area contributed by atoms with Crippen LogP contribution in [-0.4, -0.2) is 33.9 Å². The molecule has 0 radical (unpaired) electrons. The van der Waals surface area contributed by atoms with Gasteiger partial charge < -0.3 is 20.3 Å². The first-order chi connectivity index (χ1) is 17.4. The van der Waals surface area contributed by atoms with Crippen molar-refractivity contribution in [2.24, 2.45) is 7.05 Å². The van der Waals surface area contributed by atoms with Crippen LogP contribution in [0.4, 0.5) is 26.2 Å². The number of carbonyl (C=O) groups excluding carboxylic acids is 1. The van der Waals surface area contributed by atoms with Crippen LogP contribution in [0.25, 0.3) is 11.3 Å². The molecule has 1 aliphatic heterocycles. The van der Waals surface area contributed by atoms with Gasteiger partial charge in [-0.15, -0.1) is 0 Å². The Morgan fingerprint density at radius 1 is 1.06 bits per heavy atom. The van der Waals surface area contributed by atoms with E-state index in [4.69, 9.17) is 4.74 Å². The number of anilines is 3. The maximum Gasteiger partial charge on any atom is 0.323 e. The Bertz CT molecular complexity index is 1400. The third-order valence-corrected chi connectivity index (χ3v) is 5.92. The van der Waals surface area contributed by atoms with Crippen molar-refractivity contribution in [1.29, 1.82) is 0 Å². The van der Waals surface area contributed by atoms with E-state index in [1.807, 2.05) is 44.4 Å².